The van der Waals surface area contributed by atoms with Gasteiger partial charge in [-0.2, -0.15) is 0 Å². The second kappa shape index (κ2) is 9.45. The van der Waals surface area contributed by atoms with Crippen molar-refractivity contribution in [1.82, 2.24) is 9.55 Å². The van der Waals surface area contributed by atoms with Crippen molar-refractivity contribution in [2.75, 3.05) is 5.75 Å². The van der Waals surface area contributed by atoms with Crippen LogP contribution in [0.3, 0.4) is 0 Å². The molecule has 0 amide bonds. The van der Waals surface area contributed by atoms with Crippen molar-refractivity contribution in [1.29, 1.82) is 0 Å². The standard InChI is InChI=1S/C27H28N2O2S2/c1-17(2)22-15-21-23(16-31-22)33-25-24(21)26(30)29(20-11-7-8-18(3)14-20)27(28-25)32-13-12-19-9-5-4-6-10-19/h4-11,14,17,22H,12-13,15-16H2,1-3H3/t22-/m1/s1. The van der Waals surface area contributed by atoms with E-state index in [-0.39, 0.29) is 11.7 Å². The molecule has 1 aliphatic heterocycles. The fourth-order valence-corrected chi connectivity index (χ4v) is 6.50. The smallest absolute Gasteiger partial charge is 0.267 e. The normalized spacial score (nSPS) is 15.8. The molecule has 0 saturated heterocycles. The van der Waals surface area contributed by atoms with Gasteiger partial charge in [0.2, 0.25) is 0 Å². The van der Waals surface area contributed by atoms with Crippen LogP contribution >= 0.6 is 23.1 Å². The number of rotatable bonds is 6. The van der Waals surface area contributed by atoms with Gasteiger partial charge in [0.25, 0.3) is 5.56 Å². The van der Waals surface area contributed by atoms with Crippen LogP contribution in [0.25, 0.3) is 15.9 Å². The monoisotopic (exact) mass is 476 g/mol. The van der Waals surface area contributed by atoms with E-state index in [0.717, 1.165) is 55.7 Å². The Hall–Kier alpha value is -2.41. The minimum atomic E-state index is 0.0368. The zero-order chi connectivity index (χ0) is 22.9. The number of aromatic nitrogens is 2. The van der Waals surface area contributed by atoms with Gasteiger partial charge in [-0.1, -0.05) is 68.1 Å². The van der Waals surface area contributed by atoms with E-state index < -0.39 is 0 Å². The Bertz CT molecular complexity index is 1340. The Kier molecular flexibility index (Phi) is 6.41. The zero-order valence-electron chi connectivity index (χ0n) is 19.2. The van der Waals surface area contributed by atoms with Gasteiger partial charge >= 0.3 is 0 Å². The number of thiophene rings is 1. The predicted molar refractivity (Wildman–Crippen MR) is 138 cm³/mol. The lowest BCUT2D eigenvalue weighted by Crippen LogP contribution is -2.28. The maximum Gasteiger partial charge on any atom is 0.267 e. The van der Waals surface area contributed by atoms with Gasteiger partial charge in [0.15, 0.2) is 5.16 Å². The fraction of sp³-hybridized carbons (Fsp3) is 0.333. The Morgan fingerprint density at radius 2 is 2.00 bits per heavy atom. The maximum atomic E-state index is 14.0. The molecule has 1 aliphatic rings. The molecule has 0 fully saturated rings. The Morgan fingerprint density at radius 1 is 1.18 bits per heavy atom. The lowest BCUT2D eigenvalue weighted by Gasteiger charge is -2.26. The highest BCUT2D eigenvalue weighted by molar-refractivity contribution is 7.99. The SMILES string of the molecule is Cc1cccc(-n2c(SCCc3ccccc3)nc3sc4c(c3c2=O)C[C@H](C(C)C)OC4)c1. The van der Waals surface area contributed by atoms with Gasteiger partial charge in [0, 0.05) is 17.1 Å². The van der Waals surface area contributed by atoms with Crippen LogP contribution in [0.15, 0.2) is 64.5 Å². The summed E-state index contributed by atoms with van der Waals surface area (Å²) in [4.78, 5) is 21.0. The summed E-state index contributed by atoms with van der Waals surface area (Å²) in [5.41, 5.74) is 4.47. The molecule has 4 nitrogen and oxygen atoms in total. The van der Waals surface area contributed by atoms with Crippen LogP contribution in [-0.2, 0) is 24.2 Å². The number of ether oxygens (including phenoxy) is 1. The summed E-state index contributed by atoms with van der Waals surface area (Å²) in [6.07, 6.45) is 1.85. The zero-order valence-corrected chi connectivity index (χ0v) is 20.8. The molecule has 6 heteroatoms. The van der Waals surface area contributed by atoms with Gasteiger partial charge in [-0.25, -0.2) is 4.98 Å². The van der Waals surface area contributed by atoms with Gasteiger partial charge < -0.3 is 4.74 Å². The van der Waals surface area contributed by atoms with Crippen LogP contribution in [0, 0.1) is 12.8 Å². The molecular weight excluding hydrogens is 448 g/mol. The highest BCUT2D eigenvalue weighted by Crippen LogP contribution is 2.36. The molecule has 33 heavy (non-hydrogen) atoms. The van der Waals surface area contributed by atoms with E-state index in [1.807, 2.05) is 22.8 Å². The van der Waals surface area contributed by atoms with Crippen molar-refractivity contribution in [3.63, 3.8) is 0 Å². The molecule has 0 aliphatic carbocycles. The Morgan fingerprint density at radius 3 is 2.76 bits per heavy atom. The lowest BCUT2D eigenvalue weighted by molar-refractivity contribution is 0.00200. The Balaban J connectivity index is 1.59. The van der Waals surface area contributed by atoms with Crippen molar-refractivity contribution in [2.45, 2.75) is 51.5 Å². The van der Waals surface area contributed by atoms with Gasteiger partial charge in [-0.05, 0) is 48.1 Å². The first kappa shape index (κ1) is 22.4. The third-order valence-electron chi connectivity index (χ3n) is 6.18. The average Bonchev–Trinajstić information content (AvgIpc) is 3.17. The first-order valence-corrected chi connectivity index (χ1v) is 13.2. The van der Waals surface area contributed by atoms with E-state index in [1.54, 1.807) is 23.1 Å². The predicted octanol–water partition coefficient (Wildman–Crippen LogP) is 6.19. The van der Waals surface area contributed by atoms with E-state index in [0.29, 0.717) is 12.5 Å². The van der Waals surface area contributed by atoms with Crippen LogP contribution in [0.4, 0.5) is 0 Å². The topological polar surface area (TPSA) is 44.1 Å². The van der Waals surface area contributed by atoms with E-state index in [9.17, 15) is 4.79 Å². The van der Waals surface area contributed by atoms with Crippen molar-refractivity contribution < 1.29 is 4.74 Å². The van der Waals surface area contributed by atoms with Gasteiger partial charge in [-0.15, -0.1) is 11.3 Å². The summed E-state index contributed by atoms with van der Waals surface area (Å²) in [6, 6.07) is 18.6. The highest BCUT2D eigenvalue weighted by atomic mass is 32.2. The molecule has 2 aromatic heterocycles. The highest BCUT2D eigenvalue weighted by Gasteiger charge is 2.28. The van der Waals surface area contributed by atoms with Crippen molar-refractivity contribution in [3.8, 4) is 5.69 Å². The Labute approximate surface area is 202 Å². The van der Waals surface area contributed by atoms with Crippen molar-refractivity contribution in [3.05, 3.63) is 86.5 Å². The first-order chi connectivity index (χ1) is 16.0. The van der Waals surface area contributed by atoms with E-state index in [4.69, 9.17) is 9.72 Å². The molecular formula is C27H28N2O2S2. The number of fused-ring (bicyclic) bond motifs is 3. The molecule has 0 spiro atoms. The van der Waals surface area contributed by atoms with Crippen LogP contribution in [0.2, 0.25) is 0 Å². The number of thioether (sulfide) groups is 1. The van der Waals surface area contributed by atoms with E-state index in [2.05, 4.69) is 57.2 Å². The molecule has 0 radical (unpaired) electrons. The number of hydrogen-bond donors (Lipinski definition) is 0. The van der Waals surface area contributed by atoms with Crippen LogP contribution in [0.1, 0.15) is 35.4 Å². The van der Waals surface area contributed by atoms with Gasteiger partial charge in [-0.3, -0.25) is 9.36 Å². The summed E-state index contributed by atoms with van der Waals surface area (Å²) >= 11 is 3.27. The number of aryl methyl sites for hydroxylation is 2. The number of nitrogens with zero attached hydrogens (tertiary/aromatic N) is 2. The molecule has 5 rings (SSSR count). The summed E-state index contributed by atoms with van der Waals surface area (Å²) in [5.74, 6) is 1.27. The van der Waals surface area contributed by atoms with Crippen molar-refractivity contribution in [2.24, 2.45) is 5.92 Å². The minimum Gasteiger partial charge on any atom is -0.372 e. The lowest BCUT2D eigenvalue weighted by atomic mass is 9.96. The van der Waals surface area contributed by atoms with Crippen LogP contribution in [-0.4, -0.2) is 21.4 Å². The van der Waals surface area contributed by atoms with Gasteiger partial charge in [0.05, 0.1) is 23.8 Å². The summed E-state index contributed by atoms with van der Waals surface area (Å²) in [5, 5.41) is 1.53. The first-order valence-electron chi connectivity index (χ1n) is 11.4. The van der Waals surface area contributed by atoms with Gasteiger partial charge in [0.1, 0.15) is 4.83 Å². The molecule has 170 valence electrons. The molecule has 3 heterocycles. The summed E-state index contributed by atoms with van der Waals surface area (Å²) < 4.78 is 7.90. The average molecular weight is 477 g/mol. The third kappa shape index (κ3) is 4.52. The number of hydrogen-bond acceptors (Lipinski definition) is 5. The molecule has 0 unspecified atom stereocenters. The molecule has 2 aromatic carbocycles. The minimum absolute atomic E-state index is 0.0368. The molecule has 4 aromatic rings. The maximum absolute atomic E-state index is 14.0. The molecule has 0 saturated carbocycles. The second-order valence-electron chi connectivity index (χ2n) is 8.94. The second-order valence-corrected chi connectivity index (χ2v) is 11.1. The largest absolute Gasteiger partial charge is 0.372 e. The molecule has 0 N–H and O–H groups in total. The fourth-order valence-electron chi connectivity index (χ4n) is 4.33. The quantitative estimate of drug-likeness (QED) is 0.246. The molecule has 0 bridgehead atoms. The van der Waals surface area contributed by atoms with Crippen LogP contribution < -0.4 is 5.56 Å². The van der Waals surface area contributed by atoms with Crippen molar-refractivity contribution >= 4 is 33.3 Å². The third-order valence-corrected chi connectivity index (χ3v) is 8.22. The number of benzene rings is 2. The van der Waals surface area contributed by atoms with E-state index >= 15 is 0 Å². The summed E-state index contributed by atoms with van der Waals surface area (Å²) in [7, 11) is 0. The summed E-state index contributed by atoms with van der Waals surface area (Å²) in [6.45, 7) is 6.98. The van der Waals surface area contributed by atoms with E-state index in [1.165, 1.54) is 5.56 Å². The molecule has 1 atom stereocenters. The van der Waals surface area contributed by atoms with Crippen LogP contribution in [0.5, 0.6) is 0 Å².